The van der Waals surface area contributed by atoms with Gasteiger partial charge in [0.2, 0.25) is 0 Å². The number of halogens is 3. The number of para-hydroxylation sites is 2. The zero-order valence-corrected chi connectivity index (χ0v) is 11.1. The van der Waals surface area contributed by atoms with Crippen LogP contribution in [0.5, 0.6) is 0 Å². The minimum atomic E-state index is -4.93. The SMILES string of the molecule is COC(=O)c1c(C(F)(F)F)[nH]c(=O)n2c1nc1ccccc12. The molecule has 0 unspecified atom stereocenters. The van der Waals surface area contributed by atoms with Gasteiger partial charge in [0, 0.05) is 0 Å². The van der Waals surface area contributed by atoms with E-state index in [1.165, 1.54) is 12.1 Å². The second kappa shape index (κ2) is 4.58. The minimum Gasteiger partial charge on any atom is -0.465 e. The van der Waals surface area contributed by atoms with Crippen molar-refractivity contribution >= 4 is 22.6 Å². The molecule has 1 N–H and O–H groups in total. The molecule has 3 aromatic rings. The van der Waals surface area contributed by atoms with Crippen LogP contribution >= 0.6 is 0 Å². The number of hydrogen-bond donors (Lipinski definition) is 1. The lowest BCUT2D eigenvalue weighted by atomic mass is 10.2. The third-order valence-corrected chi connectivity index (χ3v) is 3.14. The van der Waals surface area contributed by atoms with E-state index in [9.17, 15) is 22.8 Å². The summed E-state index contributed by atoms with van der Waals surface area (Å²) < 4.78 is 44.6. The average molecular weight is 311 g/mol. The van der Waals surface area contributed by atoms with Crippen molar-refractivity contribution in [1.82, 2.24) is 14.4 Å². The van der Waals surface area contributed by atoms with Crippen molar-refractivity contribution in [3.8, 4) is 0 Å². The van der Waals surface area contributed by atoms with Crippen molar-refractivity contribution in [2.45, 2.75) is 6.18 Å². The molecule has 0 saturated carbocycles. The lowest BCUT2D eigenvalue weighted by Gasteiger charge is -2.11. The Morgan fingerprint density at radius 2 is 2.00 bits per heavy atom. The number of methoxy groups -OCH3 is 1. The third kappa shape index (κ3) is 1.93. The number of benzene rings is 1. The second-order valence-corrected chi connectivity index (χ2v) is 4.43. The predicted octanol–water partition coefficient (Wildman–Crippen LogP) is 1.98. The van der Waals surface area contributed by atoms with E-state index in [4.69, 9.17) is 0 Å². The molecule has 3 rings (SSSR count). The Morgan fingerprint density at radius 3 is 2.64 bits per heavy atom. The molecule has 0 saturated heterocycles. The first kappa shape index (κ1) is 14.1. The van der Waals surface area contributed by atoms with E-state index in [1.807, 2.05) is 0 Å². The van der Waals surface area contributed by atoms with E-state index in [2.05, 4.69) is 9.72 Å². The number of H-pyrrole nitrogens is 1. The van der Waals surface area contributed by atoms with Gasteiger partial charge in [0.25, 0.3) is 0 Å². The molecule has 114 valence electrons. The number of aromatic amines is 1. The number of nitrogens with zero attached hydrogens (tertiary/aromatic N) is 2. The normalized spacial score (nSPS) is 12.0. The summed E-state index contributed by atoms with van der Waals surface area (Å²) in [4.78, 5) is 29.4. The van der Waals surface area contributed by atoms with Gasteiger partial charge >= 0.3 is 17.8 Å². The van der Waals surface area contributed by atoms with E-state index in [1.54, 1.807) is 17.1 Å². The smallest absolute Gasteiger partial charge is 0.432 e. The highest BCUT2D eigenvalue weighted by Gasteiger charge is 2.39. The van der Waals surface area contributed by atoms with Crippen molar-refractivity contribution < 1.29 is 22.7 Å². The van der Waals surface area contributed by atoms with Gasteiger partial charge < -0.3 is 9.72 Å². The highest BCUT2D eigenvalue weighted by atomic mass is 19.4. The summed E-state index contributed by atoms with van der Waals surface area (Å²) >= 11 is 0. The molecular formula is C13H8F3N3O3. The predicted molar refractivity (Wildman–Crippen MR) is 69.7 cm³/mol. The van der Waals surface area contributed by atoms with Gasteiger partial charge in [-0.1, -0.05) is 12.1 Å². The number of nitrogens with one attached hydrogen (secondary N) is 1. The Labute approximate surface area is 120 Å². The molecule has 0 aliphatic carbocycles. The molecule has 0 radical (unpaired) electrons. The van der Waals surface area contributed by atoms with E-state index < -0.39 is 34.7 Å². The summed E-state index contributed by atoms with van der Waals surface area (Å²) in [5.41, 5.74) is -3.17. The van der Waals surface area contributed by atoms with E-state index in [0.29, 0.717) is 0 Å². The molecule has 6 nitrogen and oxygen atoms in total. The first-order valence-corrected chi connectivity index (χ1v) is 6.03. The van der Waals surface area contributed by atoms with Crippen LogP contribution in [0.3, 0.4) is 0 Å². The van der Waals surface area contributed by atoms with Crippen molar-refractivity contribution in [2.24, 2.45) is 0 Å². The van der Waals surface area contributed by atoms with Gasteiger partial charge in [-0.3, -0.25) is 0 Å². The largest absolute Gasteiger partial charge is 0.465 e. The summed E-state index contributed by atoms with van der Waals surface area (Å²) in [5, 5.41) is 0. The third-order valence-electron chi connectivity index (χ3n) is 3.14. The van der Waals surface area contributed by atoms with Gasteiger partial charge in [0.15, 0.2) is 5.65 Å². The van der Waals surface area contributed by atoms with Gasteiger partial charge in [-0.25, -0.2) is 19.0 Å². The first-order valence-electron chi connectivity index (χ1n) is 6.03. The van der Waals surface area contributed by atoms with Gasteiger partial charge in [-0.2, -0.15) is 13.2 Å². The second-order valence-electron chi connectivity index (χ2n) is 4.43. The summed E-state index contributed by atoms with van der Waals surface area (Å²) in [7, 11) is 0.951. The molecule has 22 heavy (non-hydrogen) atoms. The molecule has 0 fully saturated rings. The van der Waals surface area contributed by atoms with Gasteiger partial charge in [-0.05, 0) is 12.1 Å². The Kier molecular flexibility index (Phi) is 2.94. The molecule has 0 bridgehead atoms. The maximum atomic E-state index is 13.1. The van der Waals surface area contributed by atoms with Crippen molar-refractivity contribution in [3.05, 3.63) is 46.0 Å². The number of carbonyl (C=O) groups is 1. The number of esters is 1. The molecule has 1 aromatic carbocycles. The molecule has 2 aromatic heterocycles. The van der Waals surface area contributed by atoms with Crippen LogP contribution in [0.2, 0.25) is 0 Å². The highest BCUT2D eigenvalue weighted by molar-refractivity contribution is 5.99. The number of imidazole rings is 1. The molecule has 0 amide bonds. The lowest BCUT2D eigenvalue weighted by molar-refractivity contribution is -0.141. The summed E-state index contributed by atoms with van der Waals surface area (Å²) in [6.07, 6.45) is -4.93. The fraction of sp³-hybridized carbons (Fsp3) is 0.154. The fourth-order valence-electron chi connectivity index (χ4n) is 2.24. The number of aromatic nitrogens is 3. The average Bonchev–Trinajstić information content (AvgIpc) is 2.85. The van der Waals surface area contributed by atoms with Crippen LogP contribution in [0, 0.1) is 0 Å². The van der Waals surface area contributed by atoms with Crippen molar-refractivity contribution in [1.29, 1.82) is 0 Å². The van der Waals surface area contributed by atoms with Crippen LogP contribution in [0.15, 0.2) is 29.1 Å². The summed E-state index contributed by atoms with van der Waals surface area (Å²) in [6, 6.07) is 6.26. The Bertz CT molecular complexity index is 956. The van der Waals surface area contributed by atoms with Crippen LogP contribution in [-0.2, 0) is 10.9 Å². The number of alkyl halides is 3. The summed E-state index contributed by atoms with van der Waals surface area (Å²) in [5.74, 6) is -1.23. The Hall–Kier alpha value is -2.84. The molecular weight excluding hydrogens is 303 g/mol. The standard InChI is InChI=1S/C13H8F3N3O3/c1-22-11(20)8-9(13(14,15)16)18-12(21)19-7-5-3-2-4-6(7)17-10(8)19/h2-5H,1H3,(H,18,21). The number of ether oxygens (including phenoxy) is 1. The lowest BCUT2D eigenvalue weighted by Crippen LogP contribution is -2.27. The maximum absolute atomic E-state index is 13.1. The molecule has 0 aliphatic rings. The van der Waals surface area contributed by atoms with E-state index >= 15 is 0 Å². The minimum absolute atomic E-state index is 0.289. The zero-order valence-electron chi connectivity index (χ0n) is 11.1. The Balaban J connectivity index is 2.57. The quantitative estimate of drug-likeness (QED) is 0.697. The van der Waals surface area contributed by atoms with E-state index in [-0.39, 0.29) is 11.0 Å². The Morgan fingerprint density at radius 1 is 1.32 bits per heavy atom. The van der Waals surface area contributed by atoms with Crippen LogP contribution in [0.1, 0.15) is 16.1 Å². The first-order chi connectivity index (χ1) is 10.3. The number of fused-ring (bicyclic) bond motifs is 3. The topological polar surface area (TPSA) is 76.5 Å². The summed E-state index contributed by atoms with van der Waals surface area (Å²) in [6.45, 7) is 0. The molecule has 0 spiro atoms. The number of hydrogen-bond acceptors (Lipinski definition) is 4. The van der Waals surface area contributed by atoms with Gasteiger partial charge in [0.05, 0.1) is 18.1 Å². The highest BCUT2D eigenvalue weighted by Crippen LogP contribution is 2.32. The molecule has 0 aliphatic heterocycles. The van der Waals surface area contributed by atoms with Crippen molar-refractivity contribution in [2.75, 3.05) is 7.11 Å². The monoisotopic (exact) mass is 311 g/mol. The molecule has 9 heteroatoms. The van der Waals surface area contributed by atoms with Crippen LogP contribution in [0.4, 0.5) is 13.2 Å². The van der Waals surface area contributed by atoms with Crippen LogP contribution in [0.25, 0.3) is 16.7 Å². The molecule has 0 atom stereocenters. The maximum Gasteiger partial charge on any atom is 0.432 e. The number of carbonyl (C=O) groups excluding carboxylic acids is 1. The van der Waals surface area contributed by atoms with Crippen LogP contribution in [-0.4, -0.2) is 27.4 Å². The van der Waals surface area contributed by atoms with Crippen LogP contribution < -0.4 is 5.69 Å². The molecule has 2 heterocycles. The zero-order chi connectivity index (χ0) is 16.1. The van der Waals surface area contributed by atoms with Gasteiger partial charge in [-0.15, -0.1) is 0 Å². The fourth-order valence-corrected chi connectivity index (χ4v) is 2.24. The van der Waals surface area contributed by atoms with Crippen molar-refractivity contribution in [3.63, 3.8) is 0 Å². The van der Waals surface area contributed by atoms with E-state index in [0.717, 1.165) is 11.5 Å². The number of rotatable bonds is 1. The van der Waals surface area contributed by atoms with Gasteiger partial charge in [0.1, 0.15) is 11.3 Å².